The van der Waals surface area contributed by atoms with Gasteiger partial charge in [-0.05, 0) is 42.0 Å². The number of carbonyl (C=O) groups is 1. The van der Waals surface area contributed by atoms with Crippen LogP contribution < -0.4 is 15.6 Å². The Morgan fingerprint density at radius 2 is 1.91 bits per heavy atom. The number of hydrogen-bond acceptors (Lipinski definition) is 6. The SMILES string of the molecule is COc1ccc(CC(=O)Nc2ccc3[nH]c(=O)ccc3c2)cc1S(=O)(=O)N1CCOCC1. The van der Waals surface area contributed by atoms with Gasteiger partial charge in [0.15, 0.2) is 0 Å². The number of sulfonamides is 1. The lowest BCUT2D eigenvalue weighted by Gasteiger charge is -2.26. The first-order valence-electron chi connectivity index (χ1n) is 10.0. The van der Waals surface area contributed by atoms with E-state index < -0.39 is 10.0 Å². The van der Waals surface area contributed by atoms with Crippen molar-refractivity contribution in [1.29, 1.82) is 0 Å². The van der Waals surface area contributed by atoms with Crippen LogP contribution in [0.3, 0.4) is 0 Å². The highest BCUT2D eigenvalue weighted by Gasteiger charge is 2.29. The average Bonchev–Trinajstić information content (AvgIpc) is 2.79. The van der Waals surface area contributed by atoms with Gasteiger partial charge in [0.1, 0.15) is 10.6 Å². The molecule has 1 saturated heterocycles. The number of aromatic nitrogens is 1. The van der Waals surface area contributed by atoms with Crippen LogP contribution in [-0.4, -0.2) is 57.0 Å². The summed E-state index contributed by atoms with van der Waals surface area (Å²) in [5.74, 6) is -0.0715. The van der Waals surface area contributed by atoms with E-state index in [9.17, 15) is 18.0 Å². The van der Waals surface area contributed by atoms with Gasteiger partial charge in [-0.25, -0.2) is 8.42 Å². The number of nitrogens with zero attached hydrogens (tertiary/aromatic N) is 1. The molecule has 1 aliphatic rings. The van der Waals surface area contributed by atoms with Crippen molar-refractivity contribution >= 4 is 32.5 Å². The molecule has 2 aromatic carbocycles. The molecule has 0 atom stereocenters. The number of benzene rings is 2. The van der Waals surface area contributed by atoms with Gasteiger partial charge in [0.25, 0.3) is 0 Å². The minimum Gasteiger partial charge on any atom is -0.495 e. The maximum Gasteiger partial charge on any atom is 0.248 e. The molecule has 4 rings (SSSR count). The number of methoxy groups -OCH3 is 1. The predicted molar refractivity (Wildman–Crippen MR) is 119 cm³/mol. The number of hydrogen-bond donors (Lipinski definition) is 2. The van der Waals surface area contributed by atoms with Gasteiger partial charge < -0.3 is 19.8 Å². The fourth-order valence-electron chi connectivity index (χ4n) is 3.58. The Labute approximate surface area is 185 Å². The molecule has 0 spiro atoms. The topological polar surface area (TPSA) is 118 Å². The third-order valence-corrected chi connectivity index (χ3v) is 7.11. The number of pyridine rings is 1. The second-order valence-corrected chi connectivity index (χ2v) is 9.26. The summed E-state index contributed by atoms with van der Waals surface area (Å²) in [5.41, 5.74) is 1.59. The second kappa shape index (κ2) is 9.11. The minimum atomic E-state index is -3.78. The smallest absolute Gasteiger partial charge is 0.248 e. The van der Waals surface area contributed by atoms with E-state index in [1.165, 1.54) is 23.5 Å². The van der Waals surface area contributed by atoms with E-state index in [1.54, 1.807) is 36.4 Å². The first-order chi connectivity index (χ1) is 15.4. The molecule has 10 heteroatoms. The Bertz CT molecular complexity index is 1310. The van der Waals surface area contributed by atoms with Crippen molar-refractivity contribution in [1.82, 2.24) is 9.29 Å². The van der Waals surface area contributed by atoms with E-state index in [0.29, 0.717) is 30.0 Å². The molecular weight excluding hydrogens is 434 g/mol. The van der Waals surface area contributed by atoms with Crippen molar-refractivity contribution in [2.75, 3.05) is 38.7 Å². The van der Waals surface area contributed by atoms with Gasteiger partial charge in [0.05, 0.1) is 26.7 Å². The molecule has 0 radical (unpaired) electrons. The zero-order valence-corrected chi connectivity index (χ0v) is 18.3. The van der Waals surface area contributed by atoms with Crippen LogP contribution in [-0.2, 0) is 26.0 Å². The van der Waals surface area contributed by atoms with E-state index >= 15 is 0 Å². The number of rotatable bonds is 6. The van der Waals surface area contributed by atoms with Gasteiger partial charge >= 0.3 is 0 Å². The number of nitrogens with one attached hydrogen (secondary N) is 2. The highest BCUT2D eigenvalue weighted by atomic mass is 32.2. The van der Waals surface area contributed by atoms with Crippen molar-refractivity contribution < 1.29 is 22.7 Å². The number of carbonyl (C=O) groups excluding carboxylic acids is 1. The van der Waals surface area contributed by atoms with E-state index in [4.69, 9.17) is 9.47 Å². The van der Waals surface area contributed by atoms with Crippen LogP contribution in [0.4, 0.5) is 5.69 Å². The lowest BCUT2D eigenvalue weighted by molar-refractivity contribution is -0.115. The summed E-state index contributed by atoms with van der Waals surface area (Å²) in [6, 6.07) is 13.0. The molecule has 2 N–H and O–H groups in total. The summed E-state index contributed by atoms with van der Waals surface area (Å²) >= 11 is 0. The molecule has 168 valence electrons. The summed E-state index contributed by atoms with van der Waals surface area (Å²) in [5, 5.41) is 3.59. The minimum absolute atomic E-state index is 0.0146. The van der Waals surface area contributed by atoms with Gasteiger partial charge in [-0.15, -0.1) is 0 Å². The molecule has 0 bridgehead atoms. The van der Waals surface area contributed by atoms with E-state index in [-0.39, 0.29) is 41.6 Å². The molecule has 1 aliphatic heterocycles. The number of ether oxygens (including phenoxy) is 2. The lowest BCUT2D eigenvalue weighted by atomic mass is 10.1. The van der Waals surface area contributed by atoms with Crippen LogP contribution in [0.25, 0.3) is 10.9 Å². The molecule has 1 fully saturated rings. The highest BCUT2D eigenvalue weighted by molar-refractivity contribution is 7.89. The largest absolute Gasteiger partial charge is 0.495 e. The summed E-state index contributed by atoms with van der Waals surface area (Å²) < 4.78 is 38.1. The van der Waals surface area contributed by atoms with Crippen LogP contribution in [0.5, 0.6) is 5.75 Å². The van der Waals surface area contributed by atoms with E-state index in [2.05, 4.69) is 10.3 Å². The molecule has 9 nitrogen and oxygen atoms in total. The number of anilines is 1. The molecule has 0 aliphatic carbocycles. The molecule has 1 amide bonds. The molecule has 0 saturated carbocycles. The second-order valence-electron chi connectivity index (χ2n) is 7.35. The maximum atomic E-state index is 13.1. The van der Waals surface area contributed by atoms with Crippen molar-refractivity contribution in [2.45, 2.75) is 11.3 Å². The van der Waals surface area contributed by atoms with Crippen molar-refractivity contribution in [2.24, 2.45) is 0 Å². The molecule has 2 heterocycles. The molecule has 0 unspecified atom stereocenters. The van der Waals surface area contributed by atoms with Gasteiger partial charge in [-0.1, -0.05) is 6.07 Å². The van der Waals surface area contributed by atoms with Gasteiger partial charge in [0.2, 0.25) is 21.5 Å². The van der Waals surface area contributed by atoms with E-state index in [0.717, 1.165) is 5.39 Å². The normalized spacial score (nSPS) is 14.9. The summed E-state index contributed by atoms with van der Waals surface area (Å²) in [4.78, 5) is 26.8. The summed E-state index contributed by atoms with van der Waals surface area (Å²) in [6.07, 6.45) is -0.0146. The summed E-state index contributed by atoms with van der Waals surface area (Å²) in [6.45, 7) is 1.21. The van der Waals surface area contributed by atoms with Crippen molar-refractivity contribution in [3.8, 4) is 5.75 Å². The average molecular weight is 458 g/mol. The zero-order chi connectivity index (χ0) is 22.7. The number of H-pyrrole nitrogens is 1. The fourth-order valence-corrected chi connectivity index (χ4v) is 5.20. The van der Waals surface area contributed by atoms with Crippen LogP contribution >= 0.6 is 0 Å². The van der Waals surface area contributed by atoms with Crippen LogP contribution in [0.15, 0.2) is 58.2 Å². The monoisotopic (exact) mass is 457 g/mol. The Hall–Kier alpha value is -3.21. The van der Waals surface area contributed by atoms with Gasteiger partial charge in [-0.2, -0.15) is 4.31 Å². The van der Waals surface area contributed by atoms with Gasteiger partial charge in [-0.3, -0.25) is 9.59 Å². The quantitative estimate of drug-likeness (QED) is 0.582. The third kappa shape index (κ3) is 4.67. The number of fused-ring (bicyclic) bond motifs is 1. The predicted octanol–water partition coefficient (Wildman–Crippen LogP) is 1.74. The molecular formula is C22H23N3O6S. The first-order valence-corrected chi connectivity index (χ1v) is 11.5. The Morgan fingerprint density at radius 3 is 2.66 bits per heavy atom. The zero-order valence-electron chi connectivity index (χ0n) is 17.5. The summed E-state index contributed by atoms with van der Waals surface area (Å²) in [7, 11) is -2.37. The fraction of sp³-hybridized carbons (Fsp3) is 0.273. The number of aromatic amines is 1. The Kier molecular flexibility index (Phi) is 6.26. The van der Waals surface area contributed by atoms with Crippen molar-refractivity contribution in [3.63, 3.8) is 0 Å². The number of morpholine rings is 1. The highest BCUT2D eigenvalue weighted by Crippen LogP contribution is 2.29. The molecule has 3 aromatic rings. The molecule has 1 aromatic heterocycles. The number of amides is 1. The maximum absolute atomic E-state index is 13.1. The lowest BCUT2D eigenvalue weighted by Crippen LogP contribution is -2.40. The Morgan fingerprint density at radius 1 is 1.12 bits per heavy atom. The standard InChI is InChI=1S/C22H23N3O6S/c1-30-19-6-2-15(12-20(19)32(28,29)25-8-10-31-11-9-25)13-22(27)23-17-4-5-18-16(14-17)3-7-21(26)24-18/h2-7,12,14H,8-11,13H2,1H3,(H,23,27)(H,24,26). The van der Waals surface area contributed by atoms with Crippen LogP contribution in [0, 0.1) is 0 Å². The molecule has 32 heavy (non-hydrogen) atoms. The first kappa shape index (κ1) is 22.0. The van der Waals surface area contributed by atoms with Crippen molar-refractivity contribution in [3.05, 3.63) is 64.4 Å². The van der Waals surface area contributed by atoms with Crippen LogP contribution in [0.2, 0.25) is 0 Å². The van der Waals surface area contributed by atoms with Gasteiger partial charge in [0, 0.05) is 35.7 Å². The van der Waals surface area contributed by atoms with E-state index in [1.807, 2.05) is 0 Å². The third-order valence-electron chi connectivity index (χ3n) is 5.19. The van der Waals surface area contributed by atoms with Crippen LogP contribution in [0.1, 0.15) is 5.56 Å². The Balaban J connectivity index is 1.54.